The third kappa shape index (κ3) is 6.11. The number of carbonyl (C=O) groups is 2. The van der Waals surface area contributed by atoms with Crippen LogP contribution >= 0.6 is 0 Å². The quantitative estimate of drug-likeness (QED) is 0.527. The summed E-state index contributed by atoms with van der Waals surface area (Å²) < 4.78 is 48.7. The molecule has 0 unspecified atom stereocenters. The van der Waals surface area contributed by atoms with E-state index in [9.17, 15) is 22.8 Å². The van der Waals surface area contributed by atoms with E-state index in [2.05, 4.69) is 10.3 Å². The number of piperazine rings is 1. The van der Waals surface area contributed by atoms with E-state index in [1.165, 1.54) is 26.4 Å². The van der Waals surface area contributed by atoms with E-state index >= 15 is 0 Å². The second-order valence-corrected chi connectivity index (χ2v) is 8.31. The molecule has 0 spiro atoms. The van der Waals surface area contributed by atoms with Crippen LogP contribution in [0.15, 0.2) is 60.8 Å². The van der Waals surface area contributed by atoms with E-state index in [1.54, 1.807) is 41.4 Å². The molecule has 11 heteroatoms. The molecule has 4 rings (SSSR count). The number of benzene rings is 2. The number of amides is 2. The summed E-state index contributed by atoms with van der Waals surface area (Å²) in [6, 6.07) is 12.6. The van der Waals surface area contributed by atoms with E-state index in [0.29, 0.717) is 54.7 Å². The highest BCUT2D eigenvalue weighted by Gasteiger charge is 2.31. The number of halogens is 3. The van der Waals surface area contributed by atoms with Crippen LogP contribution in [0.2, 0.25) is 0 Å². The van der Waals surface area contributed by atoms with E-state index in [-0.39, 0.29) is 17.4 Å². The molecular weight excluding hydrogens is 489 g/mol. The van der Waals surface area contributed by atoms with E-state index in [4.69, 9.17) is 9.47 Å². The molecule has 0 bridgehead atoms. The van der Waals surface area contributed by atoms with Crippen molar-refractivity contribution in [1.29, 1.82) is 0 Å². The highest BCUT2D eigenvalue weighted by atomic mass is 19.4. The van der Waals surface area contributed by atoms with Crippen molar-refractivity contribution in [1.82, 2.24) is 9.88 Å². The molecule has 0 atom stereocenters. The van der Waals surface area contributed by atoms with Crippen molar-refractivity contribution < 1.29 is 32.2 Å². The molecule has 0 radical (unpaired) electrons. The predicted molar refractivity (Wildman–Crippen MR) is 131 cm³/mol. The van der Waals surface area contributed by atoms with E-state index in [0.717, 1.165) is 12.1 Å². The number of rotatable bonds is 6. The van der Waals surface area contributed by atoms with Crippen LogP contribution in [-0.4, -0.2) is 62.1 Å². The second-order valence-electron chi connectivity index (χ2n) is 8.31. The molecular formula is C26H25F3N4O4. The maximum Gasteiger partial charge on any atom is 0.416 e. The molecule has 2 amide bonds. The first kappa shape index (κ1) is 25.8. The van der Waals surface area contributed by atoms with E-state index in [1.807, 2.05) is 4.90 Å². The van der Waals surface area contributed by atoms with Crippen LogP contribution in [0, 0.1) is 0 Å². The summed E-state index contributed by atoms with van der Waals surface area (Å²) >= 11 is 0. The van der Waals surface area contributed by atoms with Crippen LogP contribution in [0.3, 0.4) is 0 Å². The van der Waals surface area contributed by atoms with Gasteiger partial charge in [0.25, 0.3) is 11.8 Å². The number of nitrogens with one attached hydrogen (secondary N) is 1. The smallest absolute Gasteiger partial charge is 0.416 e. The first-order valence-electron chi connectivity index (χ1n) is 11.4. The zero-order valence-corrected chi connectivity index (χ0v) is 20.2. The lowest BCUT2D eigenvalue weighted by Gasteiger charge is -2.35. The van der Waals surface area contributed by atoms with Gasteiger partial charge in [0.05, 0.1) is 31.7 Å². The number of pyridine rings is 1. The minimum absolute atomic E-state index is 0.216. The van der Waals surface area contributed by atoms with Gasteiger partial charge in [-0.05, 0) is 48.5 Å². The molecule has 1 fully saturated rings. The Morgan fingerprint density at radius 1 is 0.865 bits per heavy atom. The molecule has 0 aliphatic carbocycles. The molecule has 2 heterocycles. The number of nitrogens with zero attached hydrogens (tertiary/aromatic N) is 3. The lowest BCUT2D eigenvalue weighted by atomic mass is 10.1. The maximum atomic E-state index is 12.8. The average molecular weight is 515 g/mol. The summed E-state index contributed by atoms with van der Waals surface area (Å²) in [5.74, 6) is 1.02. The van der Waals surface area contributed by atoms with Gasteiger partial charge in [-0.15, -0.1) is 0 Å². The molecule has 1 aromatic heterocycles. The summed E-state index contributed by atoms with van der Waals surface area (Å²) in [5.41, 5.74) is 0.303. The number of alkyl halides is 3. The second kappa shape index (κ2) is 10.8. The Hall–Kier alpha value is -4.28. The highest BCUT2D eigenvalue weighted by molar-refractivity contribution is 6.04. The lowest BCUT2D eigenvalue weighted by molar-refractivity contribution is -0.137. The Bertz CT molecular complexity index is 1230. The van der Waals surface area contributed by atoms with Gasteiger partial charge < -0.3 is 24.6 Å². The summed E-state index contributed by atoms with van der Waals surface area (Å²) in [6.45, 7) is 1.82. The van der Waals surface area contributed by atoms with Crippen molar-refractivity contribution in [2.75, 3.05) is 50.6 Å². The molecule has 1 aliphatic rings. The van der Waals surface area contributed by atoms with Gasteiger partial charge in [0.1, 0.15) is 17.3 Å². The molecule has 0 saturated carbocycles. The Morgan fingerprint density at radius 3 is 2.00 bits per heavy atom. The number of ether oxygens (including phenoxy) is 2. The number of anilines is 2. The first-order chi connectivity index (χ1) is 17.7. The molecule has 3 aromatic rings. The Labute approximate surface area is 211 Å². The van der Waals surface area contributed by atoms with Gasteiger partial charge in [0.15, 0.2) is 0 Å². The Balaban J connectivity index is 1.33. The van der Waals surface area contributed by atoms with Crippen LogP contribution in [0.1, 0.15) is 26.3 Å². The largest absolute Gasteiger partial charge is 0.497 e. The van der Waals surface area contributed by atoms with Gasteiger partial charge >= 0.3 is 6.18 Å². The molecule has 1 saturated heterocycles. The summed E-state index contributed by atoms with van der Waals surface area (Å²) in [6.07, 6.45) is -2.90. The monoisotopic (exact) mass is 514 g/mol. The Kier molecular flexibility index (Phi) is 7.51. The fraction of sp³-hybridized carbons (Fsp3) is 0.269. The minimum Gasteiger partial charge on any atom is -0.497 e. The number of aromatic nitrogens is 1. The first-order valence-corrected chi connectivity index (χ1v) is 11.4. The normalized spacial score (nSPS) is 13.8. The summed E-state index contributed by atoms with van der Waals surface area (Å²) in [5, 5.41) is 2.79. The van der Waals surface area contributed by atoms with Gasteiger partial charge in [-0.25, -0.2) is 4.98 Å². The number of hydrogen-bond acceptors (Lipinski definition) is 6. The van der Waals surface area contributed by atoms with Crippen molar-refractivity contribution in [2.24, 2.45) is 0 Å². The fourth-order valence-electron chi connectivity index (χ4n) is 3.91. The molecule has 194 valence electrons. The van der Waals surface area contributed by atoms with Gasteiger partial charge in [-0.2, -0.15) is 13.2 Å². The summed E-state index contributed by atoms with van der Waals surface area (Å²) in [4.78, 5) is 33.4. The molecule has 8 nitrogen and oxygen atoms in total. The fourth-order valence-corrected chi connectivity index (χ4v) is 3.91. The minimum atomic E-state index is -4.44. The topological polar surface area (TPSA) is 84.0 Å². The zero-order valence-electron chi connectivity index (χ0n) is 20.2. The van der Waals surface area contributed by atoms with Crippen LogP contribution in [0.25, 0.3) is 0 Å². The molecule has 37 heavy (non-hydrogen) atoms. The average Bonchev–Trinajstić information content (AvgIpc) is 2.92. The van der Waals surface area contributed by atoms with Crippen LogP contribution in [-0.2, 0) is 6.18 Å². The zero-order chi connectivity index (χ0) is 26.6. The van der Waals surface area contributed by atoms with Crippen molar-refractivity contribution in [2.45, 2.75) is 6.18 Å². The van der Waals surface area contributed by atoms with Crippen molar-refractivity contribution >= 4 is 23.3 Å². The van der Waals surface area contributed by atoms with Crippen LogP contribution < -0.4 is 19.7 Å². The van der Waals surface area contributed by atoms with Crippen LogP contribution in [0.5, 0.6) is 11.5 Å². The van der Waals surface area contributed by atoms with Crippen molar-refractivity contribution in [3.63, 3.8) is 0 Å². The summed E-state index contributed by atoms with van der Waals surface area (Å²) in [7, 11) is 3.01. The SMILES string of the molecule is COc1cc(OC)cc(C(=O)Nc2ccc(N3CCN(C(=O)c4ccc(C(F)(F)F)cc4)CC3)nc2)c1. The molecule has 2 aromatic carbocycles. The van der Waals surface area contributed by atoms with Gasteiger partial charge in [-0.3, -0.25) is 9.59 Å². The number of carbonyl (C=O) groups excluding carboxylic acids is 2. The predicted octanol–water partition coefficient (Wildman–Crippen LogP) is 4.33. The van der Waals surface area contributed by atoms with Gasteiger partial charge in [0, 0.05) is 43.4 Å². The lowest BCUT2D eigenvalue weighted by Crippen LogP contribution is -2.49. The van der Waals surface area contributed by atoms with Crippen molar-refractivity contribution in [3.05, 3.63) is 77.5 Å². The molecule has 1 N–H and O–H groups in total. The third-order valence-electron chi connectivity index (χ3n) is 5.97. The maximum absolute atomic E-state index is 12.8. The number of hydrogen-bond donors (Lipinski definition) is 1. The molecule has 1 aliphatic heterocycles. The standard InChI is InChI=1S/C26H25F3N4O4/c1-36-21-13-18(14-22(15-21)37-2)24(34)31-20-7-8-23(30-16-20)32-9-11-33(12-10-32)25(35)17-3-5-19(6-4-17)26(27,28)29/h3-8,13-16H,9-12H2,1-2H3,(H,31,34). The highest BCUT2D eigenvalue weighted by Crippen LogP contribution is 2.29. The van der Waals surface area contributed by atoms with Crippen molar-refractivity contribution in [3.8, 4) is 11.5 Å². The number of methoxy groups -OCH3 is 2. The van der Waals surface area contributed by atoms with Crippen LogP contribution in [0.4, 0.5) is 24.7 Å². The third-order valence-corrected chi connectivity index (χ3v) is 5.97. The van der Waals surface area contributed by atoms with Gasteiger partial charge in [0.2, 0.25) is 0 Å². The van der Waals surface area contributed by atoms with E-state index < -0.39 is 11.7 Å². The van der Waals surface area contributed by atoms with Gasteiger partial charge in [-0.1, -0.05) is 0 Å². The Morgan fingerprint density at radius 2 is 1.49 bits per heavy atom.